The van der Waals surface area contributed by atoms with Gasteiger partial charge in [-0.3, -0.25) is 9.59 Å². The normalized spacial score (nSPS) is 12.6. The monoisotopic (exact) mass is 444 g/mol. The molecular weight excluding hydrogens is 416 g/mol. The van der Waals surface area contributed by atoms with Gasteiger partial charge in [-0.15, -0.1) is 11.6 Å². The Bertz CT molecular complexity index is 843. The van der Waals surface area contributed by atoms with E-state index in [1.54, 1.807) is 0 Å². The van der Waals surface area contributed by atoms with Gasteiger partial charge in [0.2, 0.25) is 5.91 Å². The molecule has 0 heterocycles. The molecule has 0 aliphatic rings. The Balaban J connectivity index is 1.97. The van der Waals surface area contributed by atoms with Crippen LogP contribution in [0.1, 0.15) is 37.3 Å². The van der Waals surface area contributed by atoms with Crippen molar-refractivity contribution in [1.29, 1.82) is 0 Å². The van der Waals surface area contributed by atoms with Crippen LogP contribution >= 0.6 is 11.6 Å². The smallest absolute Gasteiger partial charge is 0.408 e. The summed E-state index contributed by atoms with van der Waals surface area (Å²) in [5.74, 6) is -1.07. The van der Waals surface area contributed by atoms with Gasteiger partial charge in [-0.2, -0.15) is 0 Å². The molecule has 31 heavy (non-hydrogen) atoms. The Labute approximate surface area is 188 Å². The molecule has 0 bridgehead atoms. The van der Waals surface area contributed by atoms with Crippen LogP contribution in [0.4, 0.5) is 4.79 Å². The van der Waals surface area contributed by atoms with E-state index >= 15 is 0 Å². The second-order valence-electron chi connectivity index (χ2n) is 7.70. The average molecular weight is 445 g/mol. The number of rotatable bonds is 11. The zero-order chi connectivity index (χ0) is 22.6. The van der Waals surface area contributed by atoms with Gasteiger partial charge in [-0.05, 0) is 23.5 Å². The number of Topliss-reactive ketones (excluding diaryl/α,β-unsaturated/α-hetero) is 1. The molecule has 166 valence electrons. The zero-order valence-electron chi connectivity index (χ0n) is 17.8. The first-order valence-electron chi connectivity index (χ1n) is 10.3. The highest BCUT2D eigenvalue weighted by atomic mass is 35.5. The van der Waals surface area contributed by atoms with Crippen LogP contribution in [0.3, 0.4) is 0 Å². The third kappa shape index (κ3) is 8.42. The summed E-state index contributed by atoms with van der Waals surface area (Å²) in [6.07, 6.45) is -0.229. The number of ether oxygens (including phenoxy) is 1. The molecule has 0 aliphatic heterocycles. The summed E-state index contributed by atoms with van der Waals surface area (Å²) < 4.78 is 5.24. The van der Waals surface area contributed by atoms with Crippen molar-refractivity contribution < 1.29 is 19.1 Å². The van der Waals surface area contributed by atoms with E-state index in [0.717, 1.165) is 11.1 Å². The Morgan fingerprint density at radius 2 is 1.58 bits per heavy atom. The quantitative estimate of drug-likeness (QED) is 0.512. The topological polar surface area (TPSA) is 84.5 Å². The summed E-state index contributed by atoms with van der Waals surface area (Å²) in [5.41, 5.74) is 1.64. The molecule has 0 radical (unpaired) electrons. The van der Waals surface area contributed by atoms with Gasteiger partial charge in [-0.1, -0.05) is 74.5 Å². The van der Waals surface area contributed by atoms with Gasteiger partial charge in [-0.25, -0.2) is 4.79 Å². The number of halogens is 1. The average Bonchev–Trinajstić information content (AvgIpc) is 2.78. The second-order valence-corrected chi connectivity index (χ2v) is 7.96. The molecule has 7 heteroatoms. The first-order valence-corrected chi connectivity index (χ1v) is 10.8. The van der Waals surface area contributed by atoms with E-state index in [-0.39, 0.29) is 36.6 Å². The molecule has 6 nitrogen and oxygen atoms in total. The van der Waals surface area contributed by atoms with Crippen molar-refractivity contribution in [1.82, 2.24) is 10.6 Å². The first kappa shape index (κ1) is 24.4. The maximum Gasteiger partial charge on any atom is 0.408 e. The number of ketones is 1. The van der Waals surface area contributed by atoms with E-state index in [4.69, 9.17) is 16.3 Å². The second kappa shape index (κ2) is 12.7. The summed E-state index contributed by atoms with van der Waals surface area (Å²) >= 11 is 5.76. The number of nitrogens with one attached hydrogen (secondary N) is 2. The molecule has 0 saturated heterocycles. The van der Waals surface area contributed by atoms with E-state index in [9.17, 15) is 14.4 Å². The molecule has 2 rings (SSSR count). The maximum absolute atomic E-state index is 12.8. The lowest BCUT2D eigenvalue weighted by molar-refractivity contribution is -0.123. The lowest BCUT2D eigenvalue weighted by Crippen LogP contribution is -2.48. The number of hydrogen-bond acceptors (Lipinski definition) is 4. The van der Waals surface area contributed by atoms with E-state index in [1.807, 2.05) is 74.5 Å². The van der Waals surface area contributed by atoms with Gasteiger partial charge in [0.1, 0.15) is 12.6 Å². The fourth-order valence-corrected chi connectivity index (χ4v) is 3.32. The van der Waals surface area contributed by atoms with Crippen LogP contribution in [-0.4, -0.2) is 36.3 Å². The van der Waals surface area contributed by atoms with Crippen molar-refractivity contribution in [3.05, 3.63) is 71.8 Å². The van der Waals surface area contributed by atoms with Crippen molar-refractivity contribution in [3.8, 4) is 0 Å². The van der Waals surface area contributed by atoms with Crippen LogP contribution in [0, 0.1) is 5.92 Å². The van der Waals surface area contributed by atoms with Gasteiger partial charge in [0.25, 0.3) is 0 Å². The van der Waals surface area contributed by atoms with Crippen molar-refractivity contribution in [3.63, 3.8) is 0 Å². The van der Waals surface area contributed by atoms with E-state index in [2.05, 4.69) is 10.6 Å². The minimum atomic E-state index is -0.772. The highest BCUT2D eigenvalue weighted by Gasteiger charge is 2.25. The maximum atomic E-state index is 12.8. The largest absolute Gasteiger partial charge is 0.445 e. The van der Waals surface area contributed by atoms with E-state index < -0.39 is 18.1 Å². The highest BCUT2D eigenvalue weighted by molar-refractivity contribution is 6.28. The van der Waals surface area contributed by atoms with Crippen LogP contribution in [0.15, 0.2) is 60.7 Å². The van der Waals surface area contributed by atoms with Crippen LogP contribution in [0.5, 0.6) is 0 Å². The third-order valence-corrected chi connectivity index (χ3v) is 4.99. The van der Waals surface area contributed by atoms with Gasteiger partial charge in [0.15, 0.2) is 5.78 Å². The van der Waals surface area contributed by atoms with Crippen LogP contribution in [0.25, 0.3) is 0 Å². The van der Waals surface area contributed by atoms with Crippen molar-refractivity contribution in [2.75, 3.05) is 12.4 Å². The standard InChI is InChI=1S/C24H29ClN2O4/c1-17(2)13-21(27-24(30)31-16-18-9-5-3-6-10-18)23(29)26-15-20(22(28)14-25)19-11-7-4-8-12-19/h3-12,17,20-21H,13-16H2,1-2H3,(H,26,29)(H,27,30)/t20?,21-/m0/s1. The summed E-state index contributed by atoms with van der Waals surface area (Å²) in [7, 11) is 0. The number of carbonyl (C=O) groups excluding carboxylic acids is 3. The lowest BCUT2D eigenvalue weighted by Gasteiger charge is -2.22. The first-order chi connectivity index (χ1) is 14.9. The number of alkyl carbamates (subject to hydrolysis) is 1. The van der Waals surface area contributed by atoms with Crippen LogP contribution in [-0.2, 0) is 20.9 Å². The highest BCUT2D eigenvalue weighted by Crippen LogP contribution is 2.17. The summed E-state index contributed by atoms with van der Waals surface area (Å²) in [6, 6.07) is 17.7. The number of alkyl halides is 1. The van der Waals surface area contributed by atoms with Crippen LogP contribution < -0.4 is 10.6 Å². The van der Waals surface area contributed by atoms with E-state index in [0.29, 0.717) is 6.42 Å². The molecule has 2 aromatic carbocycles. The Hall–Kier alpha value is -2.86. The van der Waals surface area contributed by atoms with Crippen molar-refractivity contribution >= 4 is 29.4 Å². The van der Waals surface area contributed by atoms with Crippen LogP contribution in [0.2, 0.25) is 0 Å². The van der Waals surface area contributed by atoms with Gasteiger partial charge in [0, 0.05) is 6.54 Å². The predicted molar refractivity (Wildman–Crippen MR) is 121 cm³/mol. The molecule has 0 spiro atoms. The van der Waals surface area contributed by atoms with E-state index in [1.165, 1.54) is 0 Å². The molecule has 0 saturated carbocycles. The molecule has 0 aliphatic carbocycles. The van der Waals surface area contributed by atoms with Gasteiger partial charge >= 0.3 is 6.09 Å². The molecule has 0 fully saturated rings. The summed E-state index contributed by atoms with van der Waals surface area (Å²) in [5, 5.41) is 5.43. The molecule has 1 unspecified atom stereocenters. The number of amides is 2. The number of carbonyl (C=O) groups is 3. The SMILES string of the molecule is CC(C)C[C@H](NC(=O)OCc1ccccc1)C(=O)NCC(C(=O)CCl)c1ccccc1. The molecule has 2 atom stereocenters. The minimum Gasteiger partial charge on any atom is -0.445 e. The molecule has 2 aromatic rings. The van der Waals surface area contributed by atoms with Gasteiger partial charge < -0.3 is 15.4 Å². The lowest BCUT2D eigenvalue weighted by atomic mass is 9.95. The Kier molecular flexibility index (Phi) is 10.0. The summed E-state index contributed by atoms with van der Waals surface area (Å²) in [6.45, 7) is 4.13. The molecule has 2 N–H and O–H groups in total. The third-order valence-electron chi connectivity index (χ3n) is 4.73. The fourth-order valence-electron chi connectivity index (χ4n) is 3.13. The minimum absolute atomic E-state index is 0.101. The fraction of sp³-hybridized carbons (Fsp3) is 0.375. The Morgan fingerprint density at radius 3 is 2.16 bits per heavy atom. The number of benzene rings is 2. The number of hydrogen-bond donors (Lipinski definition) is 2. The Morgan fingerprint density at radius 1 is 0.968 bits per heavy atom. The predicted octanol–water partition coefficient (Wildman–Crippen LogP) is 4.04. The molecule has 2 amide bonds. The van der Waals surface area contributed by atoms with Crippen molar-refractivity contribution in [2.24, 2.45) is 5.92 Å². The molecular formula is C24H29ClN2O4. The van der Waals surface area contributed by atoms with Crippen molar-refractivity contribution in [2.45, 2.75) is 38.8 Å². The summed E-state index contributed by atoms with van der Waals surface area (Å²) in [4.78, 5) is 37.3. The van der Waals surface area contributed by atoms with Gasteiger partial charge in [0.05, 0.1) is 11.8 Å². The zero-order valence-corrected chi connectivity index (χ0v) is 18.6. The molecule has 0 aromatic heterocycles.